The van der Waals surface area contributed by atoms with E-state index in [4.69, 9.17) is 5.11 Å². The normalized spacial score (nSPS) is 1.20. The van der Waals surface area contributed by atoms with Crippen LogP contribution in [0.4, 0.5) is 0 Å². The van der Waals surface area contributed by atoms with Crippen LogP contribution in [0.25, 0.3) is 0 Å². The van der Waals surface area contributed by atoms with Gasteiger partial charge in [0.2, 0.25) is 0 Å². The van der Waals surface area contributed by atoms with E-state index in [-0.39, 0.29) is 86.4 Å². The number of rotatable bonds is 0. The number of aliphatic hydroxyl groups excluding tert-OH is 1. The van der Waals surface area contributed by atoms with E-state index < -0.39 is 0 Å². The maximum absolute atomic E-state index is 7.00. The van der Waals surface area contributed by atoms with Crippen LogP contribution in [0.15, 0.2) is 0 Å². The average molecular weight is 114 g/mol. The SMILES string of the molecule is CO.O.[KH].[NaH]. The second-order valence-electron chi connectivity index (χ2n) is 0. The third kappa shape index (κ3) is 20.8. The molecule has 0 radical (unpaired) electrons. The molecule has 0 rings (SSSR count). The Morgan fingerprint density at radius 1 is 1.20 bits per heavy atom. The molecule has 0 aromatic heterocycles. The fraction of sp³-hybridized carbons (Fsp3) is 1.00. The molecule has 5 heavy (non-hydrogen) atoms. The Morgan fingerprint density at radius 3 is 1.20 bits per heavy atom. The molecule has 0 aliphatic heterocycles. The fourth-order valence-corrected chi connectivity index (χ4v) is 0. The zero-order valence-corrected chi connectivity index (χ0v) is 1.95. The first-order chi connectivity index (χ1) is 1.00. The minimum atomic E-state index is 0. The Balaban J connectivity index is -0.00000000167. The van der Waals surface area contributed by atoms with Crippen molar-refractivity contribution in [2.45, 2.75) is 0 Å². The van der Waals surface area contributed by atoms with Gasteiger partial charge in [-0.2, -0.15) is 0 Å². The van der Waals surface area contributed by atoms with Crippen LogP contribution in [0.3, 0.4) is 0 Å². The van der Waals surface area contributed by atoms with Crippen molar-refractivity contribution in [2.24, 2.45) is 0 Å². The molecular formula is CH8KNaO2. The summed E-state index contributed by atoms with van der Waals surface area (Å²) in [5.74, 6) is 0. The van der Waals surface area contributed by atoms with Gasteiger partial charge in [0.25, 0.3) is 0 Å². The first-order valence-electron chi connectivity index (χ1n) is 0.447. The van der Waals surface area contributed by atoms with Gasteiger partial charge < -0.3 is 10.6 Å². The van der Waals surface area contributed by atoms with E-state index in [1.54, 1.807) is 0 Å². The molecule has 0 saturated carbocycles. The van der Waals surface area contributed by atoms with E-state index in [0.29, 0.717) is 0 Å². The van der Waals surface area contributed by atoms with Gasteiger partial charge in [0.05, 0.1) is 0 Å². The van der Waals surface area contributed by atoms with Crippen LogP contribution in [0.1, 0.15) is 0 Å². The van der Waals surface area contributed by atoms with Gasteiger partial charge in [0.1, 0.15) is 0 Å². The number of hydrogen-bond acceptors (Lipinski definition) is 1. The number of aliphatic hydroxyl groups is 1. The Labute approximate surface area is 96.4 Å². The summed E-state index contributed by atoms with van der Waals surface area (Å²) in [5.41, 5.74) is 0. The molecule has 0 atom stereocenters. The molecule has 0 saturated heterocycles. The van der Waals surface area contributed by atoms with Crippen LogP contribution >= 0.6 is 0 Å². The second-order valence-corrected chi connectivity index (χ2v) is 0. The van der Waals surface area contributed by atoms with Crippen molar-refractivity contribution in [1.29, 1.82) is 0 Å². The first-order valence-corrected chi connectivity index (χ1v) is 0.447. The Morgan fingerprint density at radius 2 is 1.20 bits per heavy atom. The predicted octanol–water partition coefficient (Wildman–Crippen LogP) is -2.51. The first kappa shape index (κ1) is 25.7. The molecule has 0 bridgehead atoms. The van der Waals surface area contributed by atoms with Crippen LogP contribution in [0.5, 0.6) is 0 Å². The molecule has 4 heteroatoms. The number of hydrogen-bond donors (Lipinski definition) is 1. The van der Waals surface area contributed by atoms with E-state index in [2.05, 4.69) is 0 Å². The van der Waals surface area contributed by atoms with Crippen LogP contribution in [-0.2, 0) is 0 Å². The Hall–Kier alpha value is 2.56. The summed E-state index contributed by atoms with van der Waals surface area (Å²) in [7, 11) is 1.00. The van der Waals surface area contributed by atoms with Crippen LogP contribution in [0, 0.1) is 0 Å². The quantitative estimate of drug-likeness (QED) is 0.347. The van der Waals surface area contributed by atoms with Crippen molar-refractivity contribution >= 4 is 80.9 Å². The van der Waals surface area contributed by atoms with E-state index in [1.165, 1.54) is 0 Å². The summed E-state index contributed by atoms with van der Waals surface area (Å²) in [4.78, 5) is 0. The summed E-state index contributed by atoms with van der Waals surface area (Å²) in [6, 6.07) is 0. The fourth-order valence-electron chi connectivity index (χ4n) is 0. The van der Waals surface area contributed by atoms with Gasteiger partial charge in [-0.15, -0.1) is 0 Å². The molecule has 0 aliphatic carbocycles. The average Bonchev–Trinajstić information content (AvgIpc) is 1.00. The van der Waals surface area contributed by atoms with Crippen molar-refractivity contribution in [3.63, 3.8) is 0 Å². The molecule has 0 fully saturated rings. The summed E-state index contributed by atoms with van der Waals surface area (Å²) in [6.07, 6.45) is 0. The van der Waals surface area contributed by atoms with Crippen LogP contribution in [-0.4, -0.2) is 98.6 Å². The van der Waals surface area contributed by atoms with Gasteiger partial charge in [-0.25, -0.2) is 0 Å². The Bertz CT molecular complexity index is 9.61. The minimum absolute atomic E-state index is 0. The third-order valence-corrected chi connectivity index (χ3v) is 0. The summed E-state index contributed by atoms with van der Waals surface area (Å²) < 4.78 is 0. The van der Waals surface area contributed by atoms with E-state index in [0.717, 1.165) is 7.11 Å². The van der Waals surface area contributed by atoms with Crippen LogP contribution in [0.2, 0.25) is 0 Å². The standard InChI is InChI=1S/CH4O.K.Na.H2O.2H/c1-2;;;;;/h2H,1H3;;;1H2;;. The molecule has 3 N–H and O–H groups in total. The zero-order chi connectivity index (χ0) is 2.00. The van der Waals surface area contributed by atoms with Gasteiger partial charge in [0, 0.05) is 7.11 Å². The van der Waals surface area contributed by atoms with E-state index in [1.807, 2.05) is 0 Å². The molecule has 0 aromatic carbocycles. The van der Waals surface area contributed by atoms with Gasteiger partial charge in [0.15, 0.2) is 0 Å². The van der Waals surface area contributed by atoms with Gasteiger partial charge in [-0.3, -0.25) is 0 Å². The topological polar surface area (TPSA) is 51.7 Å². The van der Waals surface area contributed by atoms with E-state index in [9.17, 15) is 0 Å². The van der Waals surface area contributed by atoms with Crippen molar-refractivity contribution in [1.82, 2.24) is 0 Å². The molecular weight excluding hydrogens is 106 g/mol. The molecule has 0 unspecified atom stereocenters. The molecule has 0 aromatic rings. The summed E-state index contributed by atoms with van der Waals surface area (Å²) in [6.45, 7) is 0. The molecule has 0 amide bonds. The van der Waals surface area contributed by atoms with Gasteiger partial charge in [-0.05, 0) is 0 Å². The maximum atomic E-state index is 7.00. The monoisotopic (exact) mass is 114 g/mol. The molecule has 2 nitrogen and oxygen atoms in total. The summed E-state index contributed by atoms with van der Waals surface area (Å²) >= 11 is 0. The molecule has 0 aliphatic rings. The van der Waals surface area contributed by atoms with Crippen molar-refractivity contribution in [2.75, 3.05) is 7.11 Å². The van der Waals surface area contributed by atoms with Gasteiger partial charge in [-0.1, -0.05) is 0 Å². The Kier molecular flexibility index (Phi) is 159. The summed E-state index contributed by atoms with van der Waals surface area (Å²) in [5, 5.41) is 7.00. The molecule has 0 spiro atoms. The van der Waals surface area contributed by atoms with Gasteiger partial charge >= 0.3 is 80.9 Å². The molecule has 0 heterocycles. The van der Waals surface area contributed by atoms with E-state index >= 15 is 0 Å². The van der Waals surface area contributed by atoms with Crippen molar-refractivity contribution in [3.8, 4) is 0 Å². The van der Waals surface area contributed by atoms with Crippen LogP contribution < -0.4 is 0 Å². The zero-order valence-electron chi connectivity index (χ0n) is 1.95. The molecule has 26 valence electrons. The second kappa shape index (κ2) is 31.0. The van der Waals surface area contributed by atoms with Crippen molar-refractivity contribution in [3.05, 3.63) is 0 Å². The predicted molar refractivity (Wildman–Crippen MR) is 26.1 cm³/mol. The van der Waals surface area contributed by atoms with Crippen molar-refractivity contribution < 1.29 is 10.6 Å². The third-order valence-electron chi connectivity index (χ3n) is 0.